The third kappa shape index (κ3) is 2.98. The van der Waals surface area contributed by atoms with Gasteiger partial charge >= 0.3 is 5.97 Å². The van der Waals surface area contributed by atoms with Crippen LogP contribution >= 0.6 is 15.9 Å². The van der Waals surface area contributed by atoms with Crippen LogP contribution in [0.4, 0.5) is 5.69 Å². The first-order valence-electron chi connectivity index (χ1n) is 5.06. The fourth-order valence-corrected chi connectivity index (χ4v) is 2.34. The molecule has 1 atom stereocenters. The first-order chi connectivity index (χ1) is 7.45. The van der Waals surface area contributed by atoms with Gasteiger partial charge in [-0.2, -0.15) is 0 Å². The van der Waals surface area contributed by atoms with Crippen LogP contribution in [-0.4, -0.2) is 19.1 Å². The molecular weight excluding hydrogens is 270 g/mol. The zero-order chi connectivity index (χ0) is 12.3. The van der Waals surface area contributed by atoms with E-state index in [9.17, 15) is 4.79 Å². The van der Waals surface area contributed by atoms with Crippen molar-refractivity contribution in [2.75, 3.05) is 12.4 Å². The maximum absolute atomic E-state index is 11.3. The van der Waals surface area contributed by atoms with Crippen LogP contribution in [0.2, 0.25) is 0 Å². The molecule has 0 aliphatic heterocycles. The Kier molecular flexibility index (Phi) is 4.35. The van der Waals surface area contributed by atoms with Crippen molar-refractivity contribution in [1.29, 1.82) is 0 Å². The molecular formula is C12H16BrNO2. The molecule has 0 heterocycles. The second-order valence-corrected chi connectivity index (χ2v) is 4.68. The molecule has 1 aromatic carbocycles. The summed E-state index contributed by atoms with van der Waals surface area (Å²) in [6, 6.07) is 3.72. The Bertz CT molecular complexity index is 381. The molecule has 4 heteroatoms. The van der Waals surface area contributed by atoms with Crippen molar-refractivity contribution < 1.29 is 9.53 Å². The molecule has 1 aromatic rings. The number of esters is 1. The van der Waals surface area contributed by atoms with Crippen molar-refractivity contribution in [2.24, 2.45) is 0 Å². The number of hydrogen-bond acceptors (Lipinski definition) is 3. The van der Waals surface area contributed by atoms with Crippen LogP contribution in [0, 0.1) is 13.8 Å². The Hall–Kier alpha value is -1.03. The van der Waals surface area contributed by atoms with Gasteiger partial charge in [0.2, 0.25) is 0 Å². The Morgan fingerprint density at radius 3 is 2.56 bits per heavy atom. The highest BCUT2D eigenvalue weighted by Gasteiger charge is 2.15. The standard InChI is InChI=1S/C12H16BrNO2/c1-7-5-8(2)11(10(13)6-7)14-9(3)12(15)16-4/h5-6,9,14H,1-4H3. The van der Waals surface area contributed by atoms with Gasteiger partial charge in [-0.15, -0.1) is 0 Å². The highest BCUT2D eigenvalue weighted by molar-refractivity contribution is 9.10. The summed E-state index contributed by atoms with van der Waals surface area (Å²) in [4.78, 5) is 11.3. The summed E-state index contributed by atoms with van der Waals surface area (Å²) in [5.41, 5.74) is 3.21. The van der Waals surface area contributed by atoms with Gasteiger partial charge in [0.15, 0.2) is 0 Å². The van der Waals surface area contributed by atoms with E-state index < -0.39 is 0 Å². The highest BCUT2D eigenvalue weighted by Crippen LogP contribution is 2.28. The van der Waals surface area contributed by atoms with E-state index in [0.29, 0.717) is 0 Å². The molecule has 1 unspecified atom stereocenters. The molecule has 16 heavy (non-hydrogen) atoms. The summed E-state index contributed by atoms with van der Waals surface area (Å²) >= 11 is 3.48. The van der Waals surface area contributed by atoms with E-state index >= 15 is 0 Å². The van der Waals surface area contributed by atoms with Crippen molar-refractivity contribution in [3.63, 3.8) is 0 Å². The third-order valence-corrected chi connectivity index (χ3v) is 2.97. The molecule has 3 nitrogen and oxygen atoms in total. The van der Waals surface area contributed by atoms with Crippen LogP contribution in [0.5, 0.6) is 0 Å². The third-order valence-electron chi connectivity index (χ3n) is 2.35. The Labute approximate surface area is 104 Å². The van der Waals surface area contributed by atoms with Crippen molar-refractivity contribution in [1.82, 2.24) is 0 Å². The summed E-state index contributed by atoms with van der Waals surface area (Å²) in [7, 11) is 1.39. The monoisotopic (exact) mass is 285 g/mol. The lowest BCUT2D eigenvalue weighted by molar-refractivity contribution is -0.141. The van der Waals surface area contributed by atoms with Crippen LogP contribution in [0.1, 0.15) is 18.1 Å². The summed E-state index contributed by atoms with van der Waals surface area (Å²) in [6.45, 7) is 5.81. The van der Waals surface area contributed by atoms with Crippen molar-refractivity contribution in [3.8, 4) is 0 Å². The summed E-state index contributed by atoms with van der Waals surface area (Å²) in [5, 5.41) is 3.13. The van der Waals surface area contributed by atoms with Crippen LogP contribution in [-0.2, 0) is 9.53 Å². The van der Waals surface area contributed by atoms with Gasteiger partial charge in [0.05, 0.1) is 12.8 Å². The number of carbonyl (C=O) groups is 1. The molecule has 0 bridgehead atoms. The SMILES string of the molecule is COC(=O)C(C)Nc1c(C)cc(C)cc1Br. The van der Waals surface area contributed by atoms with E-state index in [1.807, 2.05) is 19.9 Å². The van der Waals surface area contributed by atoms with Crippen LogP contribution in [0.25, 0.3) is 0 Å². The van der Waals surface area contributed by atoms with Gasteiger partial charge in [0, 0.05) is 4.47 Å². The molecule has 0 fully saturated rings. The number of hydrogen-bond donors (Lipinski definition) is 1. The number of benzene rings is 1. The number of ether oxygens (including phenoxy) is 1. The second-order valence-electron chi connectivity index (χ2n) is 3.83. The lowest BCUT2D eigenvalue weighted by Gasteiger charge is -2.17. The Balaban J connectivity index is 2.93. The van der Waals surface area contributed by atoms with Crippen LogP contribution in [0.3, 0.4) is 0 Å². The zero-order valence-corrected chi connectivity index (χ0v) is 11.5. The molecule has 1 rings (SSSR count). The molecule has 0 aliphatic rings. The van der Waals surface area contributed by atoms with Gasteiger partial charge < -0.3 is 10.1 Å². The number of halogens is 1. The summed E-state index contributed by atoms with van der Waals surface area (Å²) in [6.07, 6.45) is 0. The summed E-state index contributed by atoms with van der Waals surface area (Å²) < 4.78 is 5.63. The predicted molar refractivity (Wildman–Crippen MR) is 68.7 cm³/mol. The minimum absolute atomic E-state index is 0.271. The van der Waals surface area contributed by atoms with Crippen molar-refractivity contribution in [2.45, 2.75) is 26.8 Å². The zero-order valence-electron chi connectivity index (χ0n) is 9.93. The molecule has 0 amide bonds. The van der Waals surface area contributed by atoms with Crippen molar-refractivity contribution in [3.05, 3.63) is 27.7 Å². The van der Waals surface area contributed by atoms with Crippen molar-refractivity contribution >= 4 is 27.6 Å². The number of nitrogens with one attached hydrogen (secondary N) is 1. The molecule has 0 saturated heterocycles. The van der Waals surface area contributed by atoms with E-state index in [4.69, 9.17) is 0 Å². The molecule has 0 spiro atoms. The van der Waals surface area contributed by atoms with Gasteiger partial charge in [-0.1, -0.05) is 6.07 Å². The van der Waals surface area contributed by atoms with Crippen LogP contribution < -0.4 is 5.32 Å². The first kappa shape index (κ1) is 13.0. The lowest BCUT2D eigenvalue weighted by Crippen LogP contribution is -2.27. The smallest absolute Gasteiger partial charge is 0.327 e. The van der Waals surface area contributed by atoms with Gasteiger partial charge in [-0.05, 0) is 53.9 Å². The minimum Gasteiger partial charge on any atom is -0.467 e. The number of methoxy groups -OCH3 is 1. The van der Waals surface area contributed by atoms with E-state index in [-0.39, 0.29) is 12.0 Å². The fraction of sp³-hybridized carbons (Fsp3) is 0.417. The average molecular weight is 286 g/mol. The molecule has 0 aromatic heterocycles. The van der Waals surface area contributed by atoms with E-state index in [2.05, 4.69) is 32.0 Å². The minimum atomic E-state index is -0.359. The van der Waals surface area contributed by atoms with E-state index in [1.165, 1.54) is 12.7 Å². The molecule has 1 N–H and O–H groups in total. The average Bonchev–Trinajstić information content (AvgIpc) is 2.21. The fourth-order valence-electron chi connectivity index (χ4n) is 1.55. The second kappa shape index (κ2) is 5.34. The Morgan fingerprint density at radius 1 is 1.44 bits per heavy atom. The lowest BCUT2D eigenvalue weighted by atomic mass is 10.1. The van der Waals surface area contributed by atoms with Gasteiger partial charge in [-0.25, -0.2) is 4.79 Å². The quantitative estimate of drug-likeness (QED) is 0.868. The number of anilines is 1. The van der Waals surface area contributed by atoms with Gasteiger partial charge in [-0.3, -0.25) is 0 Å². The summed E-state index contributed by atoms with van der Waals surface area (Å²) in [5.74, 6) is -0.271. The first-order valence-corrected chi connectivity index (χ1v) is 5.86. The molecule has 0 saturated carbocycles. The number of carbonyl (C=O) groups excluding carboxylic acids is 1. The Morgan fingerprint density at radius 2 is 2.06 bits per heavy atom. The molecule has 0 radical (unpaired) electrons. The normalized spacial score (nSPS) is 12.1. The van der Waals surface area contributed by atoms with Crippen LogP contribution in [0.15, 0.2) is 16.6 Å². The highest BCUT2D eigenvalue weighted by atomic mass is 79.9. The maximum atomic E-state index is 11.3. The largest absolute Gasteiger partial charge is 0.467 e. The van der Waals surface area contributed by atoms with E-state index in [0.717, 1.165) is 15.7 Å². The topological polar surface area (TPSA) is 38.3 Å². The predicted octanol–water partition coefficient (Wildman–Crippen LogP) is 3.04. The molecule has 88 valence electrons. The van der Waals surface area contributed by atoms with Gasteiger partial charge in [0.25, 0.3) is 0 Å². The number of rotatable bonds is 3. The van der Waals surface area contributed by atoms with E-state index in [1.54, 1.807) is 6.92 Å². The molecule has 0 aliphatic carbocycles. The van der Waals surface area contributed by atoms with Gasteiger partial charge in [0.1, 0.15) is 6.04 Å². The number of aryl methyl sites for hydroxylation is 2. The maximum Gasteiger partial charge on any atom is 0.327 e.